The number of esters is 1. The zero-order valence-electron chi connectivity index (χ0n) is 19.2. The smallest absolute Gasteiger partial charge is 0.338 e. The zero-order chi connectivity index (χ0) is 24.6. The number of carbonyl (C=O) groups is 2. The Kier molecular flexibility index (Phi) is 7.38. The molecule has 4 rings (SSSR count). The van der Waals surface area contributed by atoms with Gasteiger partial charge < -0.3 is 20.1 Å². The summed E-state index contributed by atoms with van der Waals surface area (Å²) >= 11 is 0. The van der Waals surface area contributed by atoms with Gasteiger partial charge in [-0.1, -0.05) is 30.3 Å². The van der Waals surface area contributed by atoms with Crippen molar-refractivity contribution in [3.63, 3.8) is 0 Å². The van der Waals surface area contributed by atoms with Crippen molar-refractivity contribution in [2.75, 3.05) is 7.11 Å². The summed E-state index contributed by atoms with van der Waals surface area (Å²) in [6.45, 7) is -0.00744. The van der Waals surface area contributed by atoms with Gasteiger partial charge in [0.1, 0.15) is 18.4 Å². The maximum atomic E-state index is 13.3. The number of pyridine rings is 1. The van der Waals surface area contributed by atoms with Gasteiger partial charge in [-0.2, -0.15) is 5.26 Å². The second-order valence-corrected chi connectivity index (χ2v) is 7.91. The molecular formula is C27H24N4O4. The first-order chi connectivity index (χ1) is 17.1. The highest BCUT2D eigenvalue weighted by molar-refractivity contribution is 5.95. The Bertz CT molecular complexity index is 1280. The number of hydrogen-bond donors (Lipinski definition) is 2. The Balaban J connectivity index is 1.61. The highest BCUT2D eigenvalue weighted by Gasteiger charge is 2.34. The predicted molar refractivity (Wildman–Crippen MR) is 128 cm³/mol. The van der Waals surface area contributed by atoms with Crippen LogP contribution in [0.5, 0.6) is 5.75 Å². The molecule has 3 aromatic rings. The minimum atomic E-state index is -0.756. The first kappa shape index (κ1) is 23.5. The number of nitriles is 1. The van der Waals surface area contributed by atoms with Gasteiger partial charge in [0.25, 0.3) is 0 Å². The molecule has 176 valence electrons. The number of aromatic nitrogens is 1. The number of nitrogens with zero attached hydrogens (tertiary/aromatic N) is 2. The van der Waals surface area contributed by atoms with E-state index in [-0.39, 0.29) is 6.61 Å². The van der Waals surface area contributed by atoms with Crippen molar-refractivity contribution in [3.05, 3.63) is 107 Å². The summed E-state index contributed by atoms with van der Waals surface area (Å²) in [7, 11) is 1.61. The fraction of sp³-hybridized carbons (Fsp3) is 0.185. The molecule has 0 saturated heterocycles. The van der Waals surface area contributed by atoms with Crippen molar-refractivity contribution in [1.82, 2.24) is 15.6 Å². The van der Waals surface area contributed by atoms with Crippen molar-refractivity contribution in [1.29, 1.82) is 5.26 Å². The molecule has 1 aliphatic heterocycles. The van der Waals surface area contributed by atoms with Crippen LogP contribution in [0.4, 0.5) is 4.79 Å². The van der Waals surface area contributed by atoms with E-state index in [2.05, 4.69) is 21.7 Å². The molecule has 2 heterocycles. The van der Waals surface area contributed by atoms with Gasteiger partial charge in [0.2, 0.25) is 0 Å². The van der Waals surface area contributed by atoms with Crippen LogP contribution in [0.25, 0.3) is 0 Å². The van der Waals surface area contributed by atoms with Gasteiger partial charge in [-0.15, -0.1) is 0 Å². The van der Waals surface area contributed by atoms with Gasteiger partial charge >= 0.3 is 12.0 Å². The van der Waals surface area contributed by atoms with Crippen LogP contribution in [0.3, 0.4) is 0 Å². The number of urea groups is 1. The van der Waals surface area contributed by atoms with E-state index in [1.807, 2.05) is 24.3 Å². The zero-order valence-corrected chi connectivity index (χ0v) is 19.2. The fourth-order valence-electron chi connectivity index (χ4n) is 3.84. The quantitative estimate of drug-likeness (QED) is 0.484. The van der Waals surface area contributed by atoms with Crippen molar-refractivity contribution >= 4 is 12.0 Å². The van der Waals surface area contributed by atoms with Crippen LogP contribution in [0, 0.1) is 11.3 Å². The van der Waals surface area contributed by atoms with Crippen LogP contribution < -0.4 is 15.4 Å². The summed E-state index contributed by atoms with van der Waals surface area (Å²) in [5.74, 6) is 0.184. The van der Waals surface area contributed by atoms with E-state index in [4.69, 9.17) is 14.7 Å². The third-order valence-electron chi connectivity index (χ3n) is 5.61. The molecule has 0 radical (unpaired) electrons. The van der Waals surface area contributed by atoms with Crippen molar-refractivity contribution in [2.45, 2.75) is 25.5 Å². The lowest BCUT2D eigenvalue weighted by Gasteiger charge is -2.29. The number of hydrogen-bond acceptors (Lipinski definition) is 6. The number of ether oxygens (including phenoxy) is 2. The molecule has 2 amide bonds. The molecule has 35 heavy (non-hydrogen) atoms. The van der Waals surface area contributed by atoms with Gasteiger partial charge in [0, 0.05) is 11.9 Å². The lowest BCUT2D eigenvalue weighted by Crippen LogP contribution is -2.46. The van der Waals surface area contributed by atoms with Crippen LogP contribution in [-0.4, -0.2) is 24.1 Å². The topological polar surface area (TPSA) is 113 Å². The molecule has 0 aliphatic carbocycles. The maximum Gasteiger partial charge on any atom is 0.338 e. The maximum absolute atomic E-state index is 13.3. The van der Waals surface area contributed by atoms with Crippen LogP contribution in [0.1, 0.15) is 34.8 Å². The van der Waals surface area contributed by atoms with E-state index < -0.39 is 18.0 Å². The van der Waals surface area contributed by atoms with Crippen LogP contribution in [0.2, 0.25) is 0 Å². The van der Waals surface area contributed by atoms with Crippen molar-refractivity contribution in [2.24, 2.45) is 0 Å². The second kappa shape index (κ2) is 11.0. The number of aryl methyl sites for hydroxylation is 1. The first-order valence-corrected chi connectivity index (χ1v) is 11.1. The third-order valence-corrected chi connectivity index (χ3v) is 5.61. The summed E-state index contributed by atoms with van der Waals surface area (Å²) < 4.78 is 10.8. The van der Waals surface area contributed by atoms with E-state index in [1.54, 1.807) is 55.8 Å². The number of methoxy groups -OCH3 is 1. The van der Waals surface area contributed by atoms with E-state index in [0.717, 1.165) is 11.3 Å². The highest BCUT2D eigenvalue weighted by Crippen LogP contribution is 2.29. The number of carbonyl (C=O) groups excluding carboxylic acids is 2. The molecule has 0 fully saturated rings. The second-order valence-electron chi connectivity index (χ2n) is 7.91. The largest absolute Gasteiger partial charge is 0.497 e. The average molecular weight is 469 g/mol. The monoisotopic (exact) mass is 468 g/mol. The Morgan fingerprint density at radius 1 is 1.06 bits per heavy atom. The Morgan fingerprint density at radius 2 is 1.89 bits per heavy atom. The molecule has 1 atom stereocenters. The normalized spacial score (nSPS) is 15.0. The Hall–Kier alpha value is -4.64. The van der Waals surface area contributed by atoms with Crippen LogP contribution in [-0.2, 0) is 22.6 Å². The molecule has 2 N–H and O–H groups in total. The molecular weight excluding hydrogens is 444 g/mol. The summed E-state index contributed by atoms with van der Waals surface area (Å²) in [5, 5.41) is 14.7. The van der Waals surface area contributed by atoms with E-state index in [1.165, 1.54) is 0 Å². The van der Waals surface area contributed by atoms with E-state index in [9.17, 15) is 9.59 Å². The number of allylic oxidation sites excluding steroid dienone is 1. The number of nitrogens with one attached hydrogen (secondary N) is 2. The molecule has 8 nitrogen and oxygen atoms in total. The number of amides is 2. The minimum absolute atomic E-state index is 0.00744. The van der Waals surface area contributed by atoms with E-state index >= 15 is 0 Å². The molecule has 2 aromatic carbocycles. The predicted octanol–water partition coefficient (Wildman–Crippen LogP) is 3.95. The SMILES string of the molecule is COc1ccc(CCC2=C(C(=O)OCc3cccc(C#N)c3)C(c3ccccn3)NC(=O)N2)cc1. The van der Waals surface area contributed by atoms with Crippen LogP contribution in [0.15, 0.2) is 84.2 Å². The molecule has 1 aliphatic rings. The summed E-state index contributed by atoms with van der Waals surface area (Å²) in [6, 6.07) is 20.7. The summed E-state index contributed by atoms with van der Waals surface area (Å²) in [4.78, 5) is 30.2. The minimum Gasteiger partial charge on any atom is -0.497 e. The lowest BCUT2D eigenvalue weighted by atomic mass is 9.95. The molecule has 1 unspecified atom stereocenters. The Labute approximate surface area is 203 Å². The molecule has 0 saturated carbocycles. The van der Waals surface area contributed by atoms with Crippen molar-refractivity contribution < 1.29 is 19.1 Å². The average Bonchev–Trinajstić information content (AvgIpc) is 2.91. The summed E-state index contributed by atoms with van der Waals surface area (Å²) in [5.41, 5.74) is 3.52. The van der Waals surface area contributed by atoms with Crippen LogP contribution >= 0.6 is 0 Å². The molecule has 0 spiro atoms. The molecule has 8 heteroatoms. The fourth-order valence-corrected chi connectivity index (χ4v) is 3.84. The lowest BCUT2D eigenvalue weighted by molar-refractivity contribution is -0.140. The van der Waals surface area contributed by atoms with Gasteiger partial charge in [0.05, 0.1) is 30.0 Å². The first-order valence-electron chi connectivity index (χ1n) is 11.1. The Morgan fingerprint density at radius 3 is 2.60 bits per heavy atom. The van der Waals surface area contributed by atoms with Gasteiger partial charge in [-0.3, -0.25) is 4.98 Å². The highest BCUT2D eigenvalue weighted by atomic mass is 16.5. The van der Waals surface area contributed by atoms with Gasteiger partial charge in [-0.25, -0.2) is 9.59 Å². The number of benzene rings is 2. The van der Waals surface area contributed by atoms with Crippen molar-refractivity contribution in [3.8, 4) is 11.8 Å². The summed E-state index contributed by atoms with van der Waals surface area (Å²) in [6.07, 6.45) is 2.61. The molecule has 0 bridgehead atoms. The third kappa shape index (κ3) is 5.84. The van der Waals surface area contributed by atoms with E-state index in [0.29, 0.717) is 40.9 Å². The standard InChI is InChI=1S/C27H24N4O4/c1-34-21-11-8-18(9-12-21)10-13-22-24(25(31-27(33)30-22)23-7-2-3-14-29-23)26(32)35-17-20-6-4-5-19(15-20)16-28/h2-9,11-12,14-15,25H,10,13,17H2,1H3,(H2,30,31,33). The van der Waals surface area contributed by atoms with Gasteiger partial charge in [-0.05, 0) is 60.4 Å². The molecule has 1 aromatic heterocycles. The van der Waals surface area contributed by atoms with Gasteiger partial charge in [0.15, 0.2) is 0 Å². The number of rotatable bonds is 8.